The molecular weight excluding hydrogens is 332 g/mol. The van der Waals surface area contributed by atoms with E-state index in [1.165, 1.54) is 22.2 Å². The van der Waals surface area contributed by atoms with E-state index in [1.807, 2.05) is 25.4 Å². The molecule has 1 aromatic carbocycles. The van der Waals surface area contributed by atoms with Gasteiger partial charge in [0.2, 0.25) is 0 Å². The fraction of sp³-hybridized carbons (Fsp3) is 0.300. The maximum Gasteiger partial charge on any atom is 0.0856 e. The Bertz CT molecular complexity index is 970. The van der Waals surface area contributed by atoms with Crippen molar-refractivity contribution in [1.82, 2.24) is 19.4 Å². The molecule has 1 aliphatic heterocycles. The van der Waals surface area contributed by atoms with Crippen LogP contribution in [-0.2, 0) is 13.0 Å². The predicted molar refractivity (Wildman–Crippen MR) is 104 cm³/mol. The summed E-state index contributed by atoms with van der Waals surface area (Å²) in [6.45, 7) is 6.05. The van der Waals surface area contributed by atoms with Gasteiger partial charge in [0.05, 0.1) is 23.1 Å². The van der Waals surface area contributed by atoms with Crippen LogP contribution in [0.1, 0.15) is 29.6 Å². The Labute approximate surface area is 152 Å². The lowest BCUT2D eigenvalue weighted by Crippen LogP contribution is -2.26. The number of aryl methyl sites for hydroxylation is 1. The maximum absolute atomic E-state index is 6.27. The summed E-state index contributed by atoms with van der Waals surface area (Å²) in [7, 11) is 2.17. The SMILES string of the molecule is C/C(=C/n1c2c(c3cc(Cl)ccc31)CN(C)CC2)c1cnc(C)cn1. The predicted octanol–water partition coefficient (Wildman–Crippen LogP) is 4.40. The molecule has 3 aromatic rings. The van der Waals surface area contributed by atoms with E-state index in [0.717, 1.165) is 41.5 Å². The molecule has 128 valence electrons. The van der Waals surface area contributed by atoms with Crippen molar-refractivity contribution < 1.29 is 0 Å². The fourth-order valence-corrected chi connectivity index (χ4v) is 3.68. The average molecular weight is 353 g/mol. The summed E-state index contributed by atoms with van der Waals surface area (Å²) in [6.07, 6.45) is 6.86. The summed E-state index contributed by atoms with van der Waals surface area (Å²) >= 11 is 6.27. The summed E-state index contributed by atoms with van der Waals surface area (Å²) in [5, 5.41) is 2.03. The largest absolute Gasteiger partial charge is 0.320 e. The van der Waals surface area contributed by atoms with Crippen LogP contribution in [0, 0.1) is 6.92 Å². The zero-order valence-corrected chi connectivity index (χ0v) is 15.5. The normalized spacial score (nSPS) is 15.6. The zero-order chi connectivity index (χ0) is 17.6. The Hall–Kier alpha value is -2.17. The van der Waals surface area contributed by atoms with E-state index in [2.05, 4.69) is 51.7 Å². The third-order valence-electron chi connectivity index (χ3n) is 4.85. The standard InChI is InChI=1S/C20H21ClN4/c1-13(18-10-22-14(2)9-23-18)11-25-19-5-4-15(21)8-16(19)17-12-24(3)7-6-20(17)25/h4-5,8-11H,6-7,12H2,1-3H3/b13-11-. The summed E-state index contributed by atoms with van der Waals surface area (Å²) < 4.78 is 2.31. The molecular formula is C20H21ClN4. The maximum atomic E-state index is 6.27. The second-order valence-corrected chi connectivity index (χ2v) is 7.24. The second kappa shape index (κ2) is 6.28. The summed E-state index contributed by atoms with van der Waals surface area (Å²) in [5.74, 6) is 0. The lowest BCUT2D eigenvalue weighted by Gasteiger charge is -2.23. The summed E-state index contributed by atoms with van der Waals surface area (Å²) in [5.41, 5.74) is 6.88. The van der Waals surface area contributed by atoms with E-state index in [1.54, 1.807) is 0 Å². The number of rotatable bonds is 2. The molecule has 0 fully saturated rings. The van der Waals surface area contributed by atoms with Gasteiger partial charge < -0.3 is 9.47 Å². The smallest absolute Gasteiger partial charge is 0.0856 e. The first-order valence-corrected chi connectivity index (χ1v) is 8.88. The van der Waals surface area contributed by atoms with E-state index >= 15 is 0 Å². The molecule has 0 saturated carbocycles. The van der Waals surface area contributed by atoms with Crippen LogP contribution in [0.4, 0.5) is 0 Å². The van der Waals surface area contributed by atoms with E-state index in [9.17, 15) is 0 Å². The van der Waals surface area contributed by atoms with Crippen molar-refractivity contribution in [3.8, 4) is 0 Å². The van der Waals surface area contributed by atoms with Crippen molar-refractivity contribution in [2.75, 3.05) is 13.6 Å². The van der Waals surface area contributed by atoms with Gasteiger partial charge in [0, 0.05) is 48.0 Å². The molecule has 25 heavy (non-hydrogen) atoms. The minimum atomic E-state index is 0.783. The van der Waals surface area contributed by atoms with Gasteiger partial charge in [-0.3, -0.25) is 9.97 Å². The lowest BCUT2D eigenvalue weighted by atomic mass is 10.1. The average Bonchev–Trinajstić information content (AvgIpc) is 2.88. The number of hydrogen-bond donors (Lipinski definition) is 0. The molecule has 0 unspecified atom stereocenters. The number of likely N-dealkylation sites (N-methyl/N-ethyl adjacent to an activating group) is 1. The van der Waals surface area contributed by atoms with Crippen LogP contribution in [0.15, 0.2) is 30.6 Å². The summed E-state index contributed by atoms with van der Waals surface area (Å²) in [4.78, 5) is 11.2. The fourth-order valence-electron chi connectivity index (χ4n) is 3.50. The molecule has 0 bridgehead atoms. The number of aromatic nitrogens is 3. The van der Waals surface area contributed by atoms with Crippen molar-refractivity contribution in [1.29, 1.82) is 0 Å². The molecule has 0 radical (unpaired) electrons. The minimum absolute atomic E-state index is 0.783. The Morgan fingerprint density at radius 3 is 2.84 bits per heavy atom. The number of benzene rings is 1. The number of fused-ring (bicyclic) bond motifs is 3. The van der Waals surface area contributed by atoms with Gasteiger partial charge in [0.1, 0.15) is 0 Å². The Morgan fingerprint density at radius 1 is 1.24 bits per heavy atom. The van der Waals surface area contributed by atoms with Crippen molar-refractivity contribution in [3.05, 3.63) is 58.3 Å². The second-order valence-electron chi connectivity index (χ2n) is 6.80. The molecule has 0 saturated heterocycles. The molecule has 0 N–H and O–H groups in total. The zero-order valence-electron chi connectivity index (χ0n) is 14.8. The topological polar surface area (TPSA) is 34.0 Å². The van der Waals surface area contributed by atoms with Crippen LogP contribution in [-0.4, -0.2) is 33.0 Å². The van der Waals surface area contributed by atoms with Crippen LogP contribution in [0.3, 0.4) is 0 Å². The molecule has 3 heterocycles. The first-order chi connectivity index (χ1) is 12.0. The van der Waals surface area contributed by atoms with E-state index in [4.69, 9.17) is 11.6 Å². The van der Waals surface area contributed by atoms with Gasteiger partial charge in [-0.1, -0.05) is 11.6 Å². The molecule has 4 nitrogen and oxygen atoms in total. The first kappa shape index (κ1) is 16.3. The highest BCUT2D eigenvalue weighted by Gasteiger charge is 2.22. The number of hydrogen-bond acceptors (Lipinski definition) is 3. The third kappa shape index (κ3) is 2.96. The molecule has 0 aliphatic carbocycles. The highest BCUT2D eigenvalue weighted by molar-refractivity contribution is 6.31. The minimum Gasteiger partial charge on any atom is -0.320 e. The Morgan fingerprint density at radius 2 is 2.08 bits per heavy atom. The van der Waals surface area contributed by atoms with Gasteiger partial charge in [0.15, 0.2) is 0 Å². The number of nitrogens with zero attached hydrogens (tertiary/aromatic N) is 4. The van der Waals surface area contributed by atoms with Gasteiger partial charge in [-0.2, -0.15) is 0 Å². The van der Waals surface area contributed by atoms with Gasteiger partial charge in [-0.15, -0.1) is 0 Å². The van der Waals surface area contributed by atoms with Crippen LogP contribution >= 0.6 is 11.6 Å². The van der Waals surface area contributed by atoms with E-state index in [-0.39, 0.29) is 0 Å². The van der Waals surface area contributed by atoms with Crippen molar-refractivity contribution in [2.45, 2.75) is 26.8 Å². The molecule has 1 aliphatic rings. The molecule has 0 atom stereocenters. The van der Waals surface area contributed by atoms with Crippen molar-refractivity contribution in [2.24, 2.45) is 0 Å². The Kier molecular flexibility index (Phi) is 4.10. The lowest BCUT2D eigenvalue weighted by molar-refractivity contribution is 0.312. The third-order valence-corrected chi connectivity index (χ3v) is 5.08. The van der Waals surface area contributed by atoms with Crippen LogP contribution in [0.25, 0.3) is 22.7 Å². The van der Waals surface area contributed by atoms with Gasteiger partial charge in [0.25, 0.3) is 0 Å². The molecule has 0 amide bonds. The molecule has 4 rings (SSSR count). The highest BCUT2D eigenvalue weighted by atomic mass is 35.5. The van der Waals surface area contributed by atoms with Gasteiger partial charge in [-0.25, -0.2) is 0 Å². The van der Waals surface area contributed by atoms with Gasteiger partial charge in [-0.05, 0) is 50.2 Å². The van der Waals surface area contributed by atoms with Crippen molar-refractivity contribution in [3.63, 3.8) is 0 Å². The quantitative estimate of drug-likeness (QED) is 0.685. The Balaban J connectivity index is 1.89. The highest BCUT2D eigenvalue weighted by Crippen LogP contribution is 2.33. The number of allylic oxidation sites excluding steroid dienone is 1. The summed E-state index contributed by atoms with van der Waals surface area (Å²) in [6, 6.07) is 6.16. The van der Waals surface area contributed by atoms with E-state index in [0.29, 0.717) is 0 Å². The first-order valence-electron chi connectivity index (χ1n) is 8.50. The van der Waals surface area contributed by atoms with E-state index < -0.39 is 0 Å². The molecule has 0 spiro atoms. The molecule has 2 aromatic heterocycles. The van der Waals surface area contributed by atoms with Crippen molar-refractivity contribution >= 4 is 34.3 Å². The van der Waals surface area contributed by atoms with Crippen LogP contribution in [0.5, 0.6) is 0 Å². The van der Waals surface area contributed by atoms with Crippen LogP contribution < -0.4 is 0 Å². The van der Waals surface area contributed by atoms with Crippen LogP contribution in [0.2, 0.25) is 5.02 Å². The monoisotopic (exact) mass is 352 g/mol. The molecule has 5 heteroatoms. The van der Waals surface area contributed by atoms with Gasteiger partial charge >= 0.3 is 0 Å². The number of halogens is 1.